The van der Waals surface area contributed by atoms with Crippen LogP contribution in [0.3, 0.4) is 0 Å². The summed E-state index contributed by atoms with van der Waals surface area (Å²) < 4.78 is 2.08. The lowest BCUT2D eigenvalue weighted by molar-refractivity contribution is -0.138. The Morgan fingerprint density at radius 2 is 2.10 bits per heavy atom. The number of carbonyl (C=O) groups is 1. The number of aliphatic carboxylic acids is 1. The van der Waals surface area contributed by atoms with Gasteiger partial charge in [0.25, 0.3) is 0 Å². The van der Waals surface area contributed by atoms with Gasteiger partial charge in [-0.15, -0.1) is 0 Å². The first-order chi connectivity index (χ1) is 9.70. The fraction of sp³-hybridized carbons (Fsp3) is 0.733. The molecular formula is C15H23N3O2. The molecule has 0 aliphatic heterocycles. The number of carboxylic acid groups (broad SMARTS) is 1. The average Bonchev–Trinajstić information content (AvgIpc) is 2.91. The van der Waals surface area contributed by atoms with Crippen molar-refractivity contribution in [3.8, 4) is 0 Å². The highest BCUT2D eigenvalue weighted by atomic mass is 16.4. The van der Waals surface area contributed by atoms with E-state index in [0.29, 0.717) is 18.5 Å². The summed E-state index contributed by atoms with van der Waals surface area (Å²) in [6.45, 7) is 1.66. The van der Waals surface area contributed by atoms with Gasteiger partial charge in [-0.1, -0.05) is 12.8 Å². The third-order valence-electron chi connectivity index (χ3n) is 4.32. The van der Waals surface area contributed by atoms with Gasteiger partial charge >= 0.3 is 5.97 Å². The van der Waals surface area contributed by atoms with E-state index in [1.165, 1.54) is 38.5 Å². The summed E-state index contributed by atoms with van der Waals surface area (Å²) in [6.07, 6.45) is 9.59. The molecule has 1 aromatic rings. The molecular weight excluding hydrogens is 254 g/mol. The molecule has 2 aliphatic carbocycles. The molecule has 2 fully saturated rings. The maximum Gasteiger partial charge on any atom is 0.317 e. The van der Waals surface area contributed by atoms with Crippen molar-refractivity contribution >= 4 is 5.97 Å². The van der Waals surface area contributed by atoms with Gasteiger partial charge in [0.2, 0.25) is 0 Å². The van der Waals surface area contributed by atoms with Crippen LogP contribution in [-0.2, 0) is 11.3 Å². The minimum Gasteiger partial charge on any atom is -0.480 e. The van der Waals surface area contributed by atoms with E-state index in [4.69, 9.17) is 5.11 Å². The zero-order valence-corrected chi connectivity index (χ0v) is 11.9. The number of aromatic nitrogens is 2. The van der Waals surface area contributed by atoms with Crippen LogP contribution in [0.25, 0.3) is 0 Å². The van der Waals surface area contributed by atoms with Crippen LogP contribution in [0.5, 0.6) is 0 Å². The normalized spacial score (nSPS) is 19.9. The fourth-order valence-corrected chi connectivity index (χ4v) is 3.10. The number of hydrogen-bond donors (Lipinski definition) is 1. The molecule has 2 aliphatic rings. The predicted octanol–water partition coefficient (Wildman–Crippen LogP) is 2.29. The molecule has 1 N–H and O–H groups in total. The van der Waals surface area contributed by atoms with Crippen LogP contribution in [0.1, 0.15) is 50.3 Å². The van der Waals surface area contributed by atoms with E-state index in [2.05, 4.69) is 16.0 Å². The molecule has 0 atom stereocenters. The van der Waals surface area contributed by atoms with E-state index in [-0.39, 0.29) is 6.54 Å². The van der Waals surface area contributed by atoms with Crippen LogP contribution in [0.2, 0.25) is 0 Å². The van der Waals surface area contributed by atoms with Crippen molar-refractivity contribution in [1.29, 1.82) is 0 Å². The summed E-state index contributed by atoms with van der Waals surface area (Å²) in [6, 6.07) is 2.60. The fourth-order valence-electron chi connectivity index (χ4n) is 3.10. The van der Waals surface area contributed by atoms with Gasteiger partial charge in [0.1, 0.15) is 0 Å². The second-order valence-electron chi connectivity index (χ2n) is 6.23. The first kappa shape index (κ1) is 13.6. The van der Waals surface area contributed by atoms with Gasteiger partial charge in [-0.05, 0) is 37.7 Å². The van der Waals surface area contributed by atoms with Gasteiger partial charge in [-0.25, -0.2) is 0 Å². The van der Waals surface area contributed by atoms with Crippen LogP contribution in [0, 0.1) is 5.92 Å². The molecule has 0 aromatic carbocycles. The van der Waals surface area contributed by atoms with Gasteiger partial charge in [0.05, 0.1) is 18.3 Å². The SMILES string of the molecule is O=C(O)CN(Cc1ccn(C2CCCC2)n1)CC1CC1. The van der Waals surface area contributed by atoms with Crippen LogP contribution >= 0.6 is 0 Å². The maximum absolute atomic E-state index is 10.9. The van der Waals surface area contributed by atoms with Gasteiger partial charge in [0.15, 0.2) is 0 Å². The zero-order chi connectivity index (χ0) is 13.9. The van der Waals surface area contributed by atoms with Crippen LogP contribution in [0.4, 0.5) is 0 Å². The second kappa shape index (κ2) is 5.95. The smallest absolute Gasteiger partial charge is 0.317 e. The molecule has 20 heavy (non-hydrogen) atoms. The molecule has 1 aromatic heterocycles. The lowest BCUT2D eigenvalue weighted by atomic mass is 10.3. The summed E-state index contributed by atoms with van der Waals surface area (Å²) >= 11 is 0. The summed E-state index contributed by atoms with van der Waals surface area (Å²) in [5.41, 5.74) is 0.999. The first-order valence-electron chi connectivity index (χ1n) is 7.69. The molecule has 0 saturated heterocycles. The van der Waals surface area contributed by atoms with E-state index >= 15 is 0 Å². The topological polar surface area (TPSA) is 58.4 Å². The van der Waals surface area contributed by atoms with Crippen molar-refractivity contribution < 1.29 is 9.90 Å². The largest absolute Gasteiger partial charge is 0.480 e. The van der Waals surface area contributed by atoms with Crippen LogP contribution in [-0.4, -0.2) is 38.8 Å². The van der Waals surface area contributed by atoms with Gasteiger partial charge in [-0.3, -0.25) is 14.4 Å². The van der Waals surface area contributed by atoms with E-state index in [0.717, 1.165) is 12.2 Å². The molecule has 0 radical (unpaired) electrons. The average molecular weight is 277 g/mol. The Hall–Kier alpha value is -1.36. The number of rotatable bonds is 7. The van der Waals surface area contributed by atoms with Crippen molar-refractivity contribution in [2.75, 3.05) is 13.1 Å². The van der Waals surface area contributed by atoms with Gasteiger partial charge in [0, 0.05) is 19.3 Å². The lowest BCUT2D eigenvalue weighted by Crippen LogP contribution is -2.31. The Kier molecular flexibility index (Phi) is 4.05. The Morgan fingerprint density at radius 1 is 1.35 bits per heavy atom. The van der Waals surface area contributed by atoms with Crippen molar-refractivity contribution in [1.82, 2.24) is 14.7 Å². The molecule has 0 unspecified atom stereocenters. The molecule has 3 rings (SSSR count). The lowest BCUT2D eigenvalue weighted by Gasteiger charge is -2.18. The standard InChI is InChI=1S/C15H23N3O2/c19-15(20)11-17(9-12-5-6-12)10-13-7-8-18(16-13)14-3-1-2-4-14/h7-8,12,14H,1-6,9-11H2,(H,19,20). The monoisotopic (exact) mass is 277 g/mol. The minimum atomic E-state index is -0.749. The second-order valence-corrected chi connectivity index (χ2v) is 6.23. The molecule has 5 nitrogen and oxygen atoms in total. The third kappa shape index (κ3) is 3.60. The van der Waals surface area contributed by atoms with E-state index < -0.39 is 5.97 Å². The zero-order valence-electron chi connectivity index (χ0n) is 11.9. The summed E-state index contributed by atoms with van der Waals surface area (Å²) in [5.74, 6) is -0.0489. The van der Waals surface area contributed by atoms with Crippen molar-refractivity contribution in [3.63, 3.8) is 0 Å². The quantitative estimate of drug-likeness (QED) is 0.831. The van der Waals surface area contributed by atoms with Crippen molar-refractivity contribution in [2.45, 2.75) is 51.1 Å². The highest BCUT2D eigenvalue weighted by Crippen LogP contribution is 2.30. The third-order valence-corrected chi connectivity index (χ3v) is 4.32. The Balaban J connectivity index is 1.60. The number of nitrogens with zero attached hydrogens (tertiary/aromatic N) is 3. The molecule has 2 saturated carbocycles. The maximum atomic E-state index is 10.9. The Bertz CT molecular complexity index is 461. The number of hydrogen-bond acceptors (Lipinski definition) is 3. The van der Waals surface area contributed by atoms with Crippen LogP contribution in [0.15, 0.2) is 12.3 Å². The van der Waals surface area contributed by atoms with E-state index in [1.54, 1.807) is 0 Å². The Morgan fingerprint density at radius 3 is 2.75 bits per heavy atom. The first-order valence-corrected chi connectivity index (χ1v) is 7.69. The van der Waals surface area contributed by atoms with Crippen molar-refractivity contribution in [2.24, 2.45) is 5.92 Å². The molecule has 0 spiro atoms. The van der Waals surface area contributed by atoms with Gasteiger partial charge < -0.3 is 5.11 Å². The molecule has 1 heterocycles. The molecule has 0 amide bonds. The molecule has 110 valence electrons. The summed E-state index contributed by atoms with van der Waals surface area (Å²) in [5, 5.41) is 13.7. The highest BCUT2D eigenvalue weighted by molar-refractivity contribution is 5.69. The van der Waals surface area contributed by atoms with Crippen LogP contribution < -0.4 is 0 Å². The molecule has 0 bridgehead atoms. The highest BCUT2D eigenvalue weighted by Gasteiger charge is 2.26. The predicted molar refractivity (Wildman–Crippen MR) is 75.4 cm³/mol. The van der Waals surface area contributed by atoms with Gasteiger partial charge in [-0.2, -0.15) is 5.10 Å². The minimum absolute atomic E-state index is 0.118. The van der Waals surface area contributed by atoms with E-state index in [9.17, 15) is 4.79 Å². The van der Waals surface area contributed by atoms with E-state index in [1.807, 2.05) is 11.0 Å². The summed E-state index contributed by atoms with van der Waals surface area (Å²) in [7, 11) is 0. The number of carboxylic acids is 1. The van der Waals surface area contributed by atoms with Crippen molar-refractivity contribution in [3.05, 3.63) is 18.0 Å². The molecule has 5 heteroatoms. The Labute approximate surface area is 119 Å². The summed E-state index contributed by atoms with van der Waals surface area (Å²) in [4.78, 5) is 13.0.